The molecule has 0 saturated carbocycles. The second kappa shape index (κ2) is 7.02. The summed E-state index contributed by atoms with van der Waals surface area (Å²) in [5.74, 6) is 0. The molecule has 1 aliphatic carbocycles. The van der Waals surface area contributed by atoms with Crippen LogP contribution in [0.25, 0.3) is 76.6 Å². The molecule has 7 aromatic rings. The molecule has 0 aliphatic heterocycles. The number of fused-ring (bicyclic) bond motifs is 8. The van der Waals surface area contributed by atoms with E-state index in [4.69, 9.17) is 0 Å². The molecule has 0 amide bonds. The Morgan fingerprint density at radius 1 is 0.472 bits per heavy atom. The largest absolute Gasteiger partial charge is 0.256 e. The maximum absolute atomic E-state index is 4.64. The Labute approximate surface area is 209 Å². The molecular formula is C35H23N. The van der Waals surface area contributed by atoms with Crippen LogP contribution >= 0.6 is 0 Å². The number of aryl methyl sites for hydroxylation is 2. The third-order valence-corrected chi connectivity index (χ3v) is 8.02. The van der Waals surface area contributed by atoms with Crippen LogP contribution in [0.15, 0.2) is 103 Å². The number of pyridine rings is 1. The maximum Gasteiger partial charge on any atom is 0.0708 e. The van der Waals surface area contributed by atoms with Gasteiger partial charge in [0.25, 0.3) is 0 Å². The van der Waals surface area contributed by atoms with E-state index in [2.05, 4.69) is 116 Å². The summed E-state index contributed by atoms with van der Waals surface area (Å²) in [7, 11) is 0. The average Bonchev–Trinajstić information content (AvgIpc) is 3.25. The SMILES string of the molecule is Cc1ccc2c(c1)c(-c1ccnc3ccccc13)cc1c3ccc(C)c4c3c(cc21)-c1ccccc1-4. The van der Waals surface area contributed by atoms with Crippen LogP contribution in [0.5, 0.6) is 0 Å². The second-order valence-electron chi connectivity index (χ2n) is 10.1. The first-order valence-electron chi connectivity index (χ1n) is 12.6. The van der Waals surface area contributed by atoms with E-state index in [0.29, 0.717) is 0 Å². The first kappa shape index (κ1) is 19.8. The highest BCUT2D eigenvalue weighted by atomic mass is 14.6. The third-order valence-electron chi connectivity index (χ3n) is 8.02. The standard InChI is InChI=1S/C35H23N/c1-20-11-13-23-28(17-20)29(24-15-16-36-33-10-6-5-8-25(24)33)18-31-27-14-12-21(2)34-26-9-4-3-7-22(26)32(35(27)34)19-30(23)31/h3-19H,1-2H3. The Hall–Kier alpha value is -4.49. The van der Waals surface area contributed by atoms with E-state index in [1.165, 1.54) is 82.2 Å². The lowest BCUT2D eigenvalue weighted by molar-refractivity contribution is 1.41. The van der Waals surface area contributed by atoms with E-state index in [1.807, 2.05) is 6.20 Å². The van der Waals surface area contributed by atoms with Gasteiger partial charge in [-0.3, -0.25) is 4.98 Å². The van der Waals surface area contributed by atoms with Gasteiger partial charge in [-0.05, 0) is 109 Å². The molecule has 0 saturated heterocycles. The van der Waals surface area contributed by atoms with Gasteiger partial charge in [-0.15, -0.1) is 0 Å². The Morgan fingerprint density at radius 3 is 2.14 bits per heavy atom. The zero-order chi connectivity index (χ0) is 24.0. The predicted molar refractivity (Wildman–Crippen MR) is 154 cm³/mol. The fourth-order valence-corrected chi connectivity index (χ4v) is 6.42. The summed E-state index contributed by atoms with van der Waals surface area (Å²) in [6, 6.07) is 35.9. The van der Waals surface area contributed by atoms with Crippen LogP contribution in [0.1, 0.15) is 11.1 Å². The minimum Gasteiger partial charge on any atom is -0.256 e. The second-order valence-corrected chi connectivity index (χ2v) is 10.1. The van der Waals surface area contributed by atoms with Crippen molar-refractivity contribution in [2.24, 2.45) is 0 Å². The van der Waals surface area contributed by atoms with Crippen LogP contribution in [-0.4, -0.2) is 4.98 Å². The number of aromatic nitrogens is 1. The van der Waals surface area contributed by atoms with Crippen LogP contribution < -0.4 is 0 Å². The Kier molecular flexibility index (Phi) is 3.86. The van der Waals surface area contributed by atoms with Crippen molar-refractivity contribution in [2.45, 2.75) is 13.8 Å². The van der Waals surface area contributed by atoms with Gasteiger partial charge in [0.1, 0.15) is 0 Å². The lowest BCUT2D eigenvalue weighted by Crippen LogP contribution is -1.90. The Balaban J connectivity index is 1.60. The predicted octanol–water partition coefficient (Wildman–Crippen LogP) is 9.63. The summed E-state index contributed by atoms with van der Waals surface area (Å²) in [4.78, 5) is 4.64. The molecule has 36 heavy (non-hydrogen) atoms. The topological polar surface area (TPSA) is 12.9 Å². The third kappa shape index (κ3) is 2.52. The minimum absolute atomic E-state index is 1.03. The van der Waals surface area contributed by atoms with E-state index in [1.54, 1.807) is 0 Å². The van der Waals surface area contributed by atoms with Crippen LogP contribution in [0, 0.1) is 13.8 Å². The van der Waals surface area contributed by atoms with Gasteiger partial charge in [-0.1, -0.05) is 78.4 Å². The molecule has 1 aliphatic rings. The first-order valence-corrected chi connectivity index (χ1v) is 12.6. The summed E-state index contributed by atoms with van der Waals surface area (Å²) in [6.45, 7) is 4.42. The van der Waals surface area contributed by atoms with Crippen molar-refractivity contribution in [1.29, 1.82) is 0 Å². The molecule has 0 unspecified atom stereocenters. The highest BCUT2D eigenvalue weighted by molar-refractivity contribution is 6.29. The summed E-state index contributed by atoms with van der Waals surface area (Å²) >= 11 is 0. The van der Waals surface area contributed by atoms with E-state index in [0.717, 1.165) is 5.52 Å². The summed E-state index contributed by atoms with van der Waals surface area (Å²) in [5, 5.41) is 9.15. The van der Waals surface area contributed by atoms with Crippen molar-refractivity contribution >= 4 is 43.2 Å². The molecule has 0 bridgehead atoms. The van der Waals surface area contributed by atoms with E-state index in [9.17, 15) is 0 Å². The van der Waals surface area contributed by atoms with E-state index >= 15 is 0 Å². The van der Waals surface area contributed by atoms with Crippen LogP contribution in [0.4, 0.5) is 0 Å². The molecule has 0 atom stereocenters. The molecule has 0 fully saturated rings. The van der Waals surface area contributed by atoms with Crippen molar-refractivity contribution in [3.8, 4) is 33.4 Å². The van der Waals surface area contributed by atoms with Gasteiger partial charge < -0.3 is 0 Å². The zero-order valence-corrected chi connectivity index (χ0v) is 20.3. The smallest absolute Gasteiger partial charge is 0.0708 e. The fraction of sp³-hybridized carbons (Fsp3) is 0.0571. The number of rotatable bonds is 1. The molecule has 0 N–H and O–H groups in total. The Morgan fingerprint density at radius 2 is 1.22 bits per heavy atom. The van der Waals surface area contributed by atoms with Gasteiger partial charge in [0.05, 0.1) is 5.52 Å². The molecule has 0 spiro atoms. The molecule has 168 valence electrons. The van der Waals surface area contributed by atoms with Crippen molar-refractivity contribution in [3.63, 3.8) is 0 Å². The van der Waals surface area contributed by atoms with Crippen molar-refractivity contribution in [1.82, 2.24) is 4.98 Å². The number of nitrogens with zero attached hydrogens (tertiary/aromatic N) is 1. The molecule has 1 nitrogen and oxygen atoms in total. The lowest BCUT2D eigenvalue weighted by Gasteiger charge is -2.16. The minimum atomic E-state index is 1.03. The molecule has 1 aromatic heterocycles. The normalized spacial score (nSPS) is 12.2. The van der Waals surface area contributed by atoms with Gasteiger partial charge in [0, 0.05) is 11.6 Å². The first-order chi connectivity index (χ1) is 17.7. The van der Waals surface area contributed by atoms with Gasteiger partial charge in [0.15, 0.2) is 0 Å². The van der Waals surface area contributed by atoms with Gasteiger partial charge in [0.2, 0.25) is 0 Å². The number of hydrogen-bond donors (Lipinski definition) is 0. The highest BCUT2D eigenvalue weighted by Crippen LogP contribution is 2.52. The number of benzene rings is 6. The number of para-hydroxylation sites is 1. The van der Waals surface area contributed by atoms with Crippen LogP contribution in [-0.2, 0) is 0 Å². The molecule has 8 rings (SSSR count). The monoisotopic (exact) mass is 457 g/mol. The van der Waals surface area contributed by atoms with Gasteiger partial charge in [-0.2, -0.15) is 0 Å². The molecular weight excluding hydrogens is 434 g/mol. The lowest BCUT2D eigenvalue weighted by atomic mass is 9.87. The van der Waals surface area contributed by atoms with E-state index in [-0.39, 0.29) is 0 Å². The summed E-state index contributed by atoms with van der Waals surface area (Å²) in [6.07, 6.45) is 1.94. The molecule has 1 heterocycles. The fourth-order valence-electron chi connectivity index (χ4n) is 6.42. The molecule has 0 radical (unpaired) electrons. The average molecular weight is 458 g/mol. The van der Waals surface area contributed by atoms with Gasteiger partial charge in [-0.25, -0.2) is 0 Å². The van der Waals surface area contributed by atoms with Crippen LogP contribution in [0.3, 0.4) is 0 Å². The maximum atomic E-state index is 4.64. The van der Waals surface area contributed by atoms with Crippen LogP contribution in [0.2, 0.25) is 0 Å². The van der Waals surface area contributed by atoms with Crippen molar-refractivity contribution in [2.75, 3.05) is 0 Å². The molecule has 1 heteroatoms. The zero-order valence-electron chi connectivity index (χ0n) is 20.3. The highest BCUT2D eigenvalue weighted by Gasteiger charge is 2.25. The number of hydrogen-bond acceptors (Lipinski definition) is 1. The van der Waals surface area contributed by atoms with Crippen molar-refractivity contribution < 1.29 is 0 Å². The molecule has 6 aromatic carbocycles. The van der Waals surface area contributed by atoms with Gasteiger partial charge >= 0.3 is 0 Å². The summed E-state index contributed by atoms with van der Waals surface area (Å²) in [5.41, 5.74) is 11.6. The quantitative estimate of drug-likeness (QED) is 0.224. The Bertz CT molecular complexity index is 2060. The summed E-state index contributed by atoms with van der Waals surface area (Å²) < 4.78 is 0. The van der Waals surface area contributed by atoms with Crippen molar-refractivity contribution in [3.05, 3.63) is 114 Å². The van der Waals surface area contributed by atoms with E-state index < -0.39 is 0 Å².